The number of aryl methyl sites for hydroxylation is 2. The molecule has 2 N–H and O–H groups in total. The van der Waals surface area contributed by atoms with E-state index in [4.69, 9.17) is 10.2 Å². The second-order valence-corrected chi connectivity index (χ2v) is 5.99. The quantitative estimate of drug-likeness (QED) is 0.324. The van der Waals surface area contributed by atoms with Gasteiger partial charge in [-0.15, -0.1) is 71.8 Å². The number of nitrogens with zero attached hydrogens (tertiary/aromatic N) is 2. The molecule has 2 aromatic carbocycles. The third-order valence-corrected chi connectivity index (χ3v) is 3.80. The standard InChI is InChI=1S/2C12H10N.2CH4O.Ir/c2*1-10-7-8-13-12(9-10)11-5-3-2-4-6-11;2*1-2;/h2*2-5,7-9H,1H3;2*2H,1H3;/q2*-1;;;+3. The van der Waals surface area contributed by atoms with Gasteiger partial charge in [-0.3, -0.25) is 0 Å². The van der Waals surface area contributed by atoms with E-state index in [1.807, 2.05) is 73.1 Å². The Balaban J connectivity index is 0.000000487. The molecule has 0 aliphatic heterocycles. The van der Waals surface area contributed by atoms with Gasteiger partial charge in [0.05, 0.1) is 0 Å². The van der Waals surface area contributed by atoms with Crippen LogP contribution in [-0.4, -0.2) is 34.4 Å². The van der Waals surface area contributed by atoms with Crippen LogP contribution in [0.3, 0.4) is 0 Å². The van der Waals surface area contributed by atoms with Gasteiger partial charge >= 0.3 is 20.1 Å². The maximum absolute atomic E-state index is 7.00. The summed E-state index contributed by atoms with van der Waals surface area (Å²) in [7, 11) is 2.00. The Morgan fingerprint density at radius 3 is 1.29 bits per heavy atom. The van der Waals surface area contributed by atoms with Gasteiger partial charge in [-0.25, -0.2) is 0 Å². The molecule has 5 heteroatoms. The molecule has 4 aromatic rings. The van der Waals surface area contributed by atoms with Gasteiger partial charge in [-0.1, -0.05) is 23.3 Å². The van der Waals surface area contributed by atoms with E-state index in [2.05, 4.69) is 48.1 Å². The van der Waals surface area contributed by atoms with Gasteiger partial charge < -0.3 is 20.2 Å². The van der Waals surface area contributed by atoms with E-state index < -0.39 is 0 Å². The first-order valence-electron chi connectivity index (χ1n) is 9.41. The van der Waals surface area contributed by atoms with Crippen molar-refractivity contribution in [1.29, 1.82) is 0 Å². The first-order valence-corrected chi connectivity index (χ1v) is 9.41. The monoisotopic (exact) mass is 593 g/mol. The molecule has 0 aliphatic carbocycles. The number of aliphatic hydroxyl groups excluding tert-OH is 2. The number of aromatic nitrogens is 2. The van der Waals surface area contributed by atoms with Crippen molar-refractivity contribution in [3.8, 4) is 22.5 Å². The first kappa shape index (κ1) is 28.3. The van der Waals surface area contributed by atoms with Gasteiger partial charge in [0, 0.05) is 26.6 Å². The Morgan fingerprint density at radius 1 is 0.613 bits per heavy atom. The molecule has 0 saturated carbocycles. The van der Waals surface area contributed by atoms with Crippen molar-refractivity contribution in [2.24, 2.45) is 0 Å². The SMILES string of the molecule is CO.CO.Cc1ccnc(-c2[c-]cccc2)c1.Cc1ccnc(-c2[c-]cccc2)c1.[Ir+3]. The summed E-state index contributed by atoms with van der Waals surface area (Å²) in [5.41, 5.74) is 6.52. The zero-order chi connectivity index (χ0) is 22.2. The fraction of sp³-hybridized carbons (Fsp3) is 0.154. The molecular weight excluding hydrogens is 565 g/mol. The molecule has 0 atom stereocenters. The van der Waals surface area contributed by atoms with E-state index in [0.29, 0.717) is 0 Å². The second-order valence-electron chi connectivity index (χ2n) is 5.99. The number of aliphatic hydroxyl groups is 2. The largest absolute Gasteiger partial charge is 3.00 e. The topological polar surface area (TPSA) is 66.2 Å². The Morgan fingerprint density at radius 2 is 1.00 bits per heavy atom. The fourth-order valence-electron chi connectivity index (χ4n) is 2.47. The minimum Gasteiger partial charge on any atom is -0.400 e. The zero-order valence-electron chi connectivity index (χ0n) is 18.2. The third-order valence-electron chi connectivity index (χ3n) is 3.80. The van der Waals surface area contributed by atoms with Crippen LogP contribution >= 0.6 is 0 Å². The van der Waals surface area contributed by atoms with Crippen molar-refractivity contribution in [3.63, 3.8) is 0 Å². The van der Waals surface area contributed by atoms with Gasteiger partial charge in [0.15, 0.2) is 0 Å². The number of benzene rings is 2. The summed E-state index contributed by atoms with van der Waals surface area (Å²) >= 11 is 0. The molecule has 0 saturated heterocycles. The predicted molar refractivity (Wildman–Crippen MR) is 123 cm³/mol. The summed E-state index contributed by atoms with van der Waals surface area (Å²) in [6.07, 6.45) is 3.65. The Kier molecular flexibility index (Phi) is 15.6. The maximum Gasteiger partial charge on any atom is 3.00 e. The van der Waals surface area contributed by atoms with Crippen LogP contribution in [0.25, 0.3) is 22.5 Å². The van der Waals surface area contributed by atoms with Gasteiger partial charge in [0.1, 0.15) is 0 Å². The minimum atomic E-state index is 0. The molecule has 0 amide bonds. The van der Waals surface area contributed by atoms with Crippen LogP contribution in [0.4, 0.5) is 0 Å². The molecule has 0 radical (unpaired) electrons. The predicted octanol–water partition coefficient (Wildman–Crippen LogP) is 4.93. The molecule has 4 nitrogen and oxygen atoms in total. The molecule has 4 rings (SSSR count). The van der Waals surface area contributed by atoms with Gasteiger partial charge in [-0.05, 0) is 37.4 Å². The molecule has 2 aromatic heterocycles. The first-order chi connectivity index (χ1) is 14.7. The van der Waals surface area contributed by atoms with Crippen molar-refractivity contribution < 1.29 is 30.3 Å². The van der Waals surface area contributed by atoms with Crippen molar-refractivity contribution in [1.82, 2.24) is 9.97 Å². The molecule has 0 spiro atoms. The second kappa shape index (κ2) is 17.0. The van der Waals surface area contributed by atoms with E-state index in [1.54, 1.807) is 0 Å². The summed E-state index contributed by atoms with van der Waals surface area (Å²) in [6.45, 7) is 4.13. The van der Waals surface area contributed by atoms with Crippen molar-refractivity contribution in [3.05, 3.63) is 108 Å². The summed E-state index contributed by atoms with van der Waals surface area (Å²) in [4.78, 5) is 8.56. The molecule has 0 unspecified atom stereocenters. The molecule has 0 fully saturated rings. The van der Waals surface area contributed by atoms with Crippen LogP contribution in [0, 0.1) is 26.0 Å². The van der Waals surface area contributed by atoms with Gasteiger partial charge in [0.2, 0.25) is 0 Å². The summed E-state index contributed by atoms with van der Waals surface area (Å²) in [5, 5.41) is 14.0. The number of hydrogen-bond donors (Lipinski definition) is 2. The number of pyridine rings is 2. The summed E-state index contributed by atoms with van der Waals surface area (Å²) < 4.78 is 0. The van der Waals surface area contributed by atoms with Crippen LogP contribution in [0.2, 0.25) is 0 Å². The molecule has 2 heterocycles. The summed E-state index contributed by atoms with van der Waals surface area (Å²) in [5.74, 6) is 0. The van der Waals surface area contributed by atoms with Crippen molar-refractivity contribution in [2.45, 2.75) is 13.8 Å². The number of hydrogen-bond acceptors (Lipinski definition) is 4. The van der Waals surface area contributed by atoms with Crippen LogP contribution < -0.4 is 0 Å². The van der Waals surface area contributed by atoms with Crippen LogP contribution in [-0.2, 0) is 20.1 Å². The van der Waals surface area contributed by atoms with E-state index >= 15 is 0 Å². The van der Waals surface area contributed by atoms with Crippen LogP contribution in [0.1, 0.15) is 11.1 Å². The third kappa shape index (κ3) is 10.3. The number of rotatable bonds is 2. The molecule has 162 valence electrons. The average Bonchev–Trinajstić information content (AvgIpc) is 2.83. The molecular formula is C26H28IrN2O2+. The molecule has 0 bridgehead atoms. The minimum absolute atomic E-state index is 0. The van der Waals surface area contributed by atoms with E-state index in [-0.39, 0.29) is 20.1 Å². The molecule has 0 aliphatic rings. The smallest absolute Gasteiger partial charge is 0.400 e. The van der Waals surface area contributed by atoms with E-state index in [0.717, 1.165) is 36.7 Å². The average molecular weight is 593 g/mol. The van der Waals surface area contributed by atoms with E-state index in [9.17, 15) is 0 Å². The van der Waals surface area contributed by atoms with Crippen molar-refractivity contribution in [2.75, 3.05) is 14.2 Å². The molecule has 31 heavy (non-hydrogen) atoms. The van der Waals surface area contributed by atoms with Crippen molar-refractivity contribution >= 4 is 0 Å². The Hall–Kier alpha value is -2.69. The zero-order valence-corrected chi connectivity index (χ0v) is 20.6. The van der Waals surface area contributed by atoms with Crippen LogP contribution in [0.15, 0.2) is 85.2 Å². The summed E-state index contributed by atoms with van der Waals surface area (Å²) in [6, 6.07) is 30.1. The Bertz CT molecular complexity index is 884. The van der Waals surface area contributed by atoms with Crippen LogP contribution in [0.5, 0.6) is 0 Å². The Labute approximate surface area is 199 Å². The fourth-order valence-corrected chi connectivity index (χ4v) is 2.47. The van der Waals surface area contributed by atoms with E-state index in [1.165, 1.54) is 11.1 Å². The van der Waals surface area contributed by atoms with Gasteiger partial charge in [0.25, 0.3) is 0 Å². The maximum atomic E-state index is 7.00. The normalized spacial score (nSPS) is 8.71. The van der Waals surface area contributed by atoms with Gasteiger partial charge in [-0.2, -0.15) is 0 Å².